The largest absolute Gasteiger partial charge is 0.472 e. The van der Waals surface area contributed by atoms with E-state index in [1.165, 1.54) is 122 Å². The Balaban J connectivity index is 2.40. The Labute approximate surface area is 387 Å². The molecule has 0 spiro atoms. The molecule has 6 unspecified atom stereocenters. The van der Waals surface area contributed by atoms with Crippen molar-refractivity contribution in [2.24, 2.45) is 0 Å². The van der Waals surface area contributed by atoms with Crippen molar-refractivity contribution in [2.45, 2.75) is 268 Å². The number of esters is 2. The first kappa shape index (κ1) is 60.3. The molecule has 0 saturated heterocycles. The topological polar surface area (TPSA) is 210 Å². The molecule has 6 N–H and O–H groups in total. The number of ether oxygens (including phenoxy) is 2. The van der Waals surface area contributed by atoms with Gasteiger partial charge in [-0.1, -0.05) is 192 Å². The average Bonchev–Trinajstić information content (AvgIpc) is 3.28. The number of aliphatic hydroxyl groups excluding tert-OH is 5. The Morgan fingerprint density at radius 1 is 0.484 bits per heavy atom. The van der Waals surface area contributed by atoms with Gasteiger partial charge in [0, 0.05) is 12.8 Å². The zero-order valence-electron chi connectivity index (χ0n) is 40.1. The quantitative estimate of drug-likeness (QED) is 0.0146. The molecule has 64 heavy (non-hydrogen) atoms. The molecule has 0 aromatic rings. The fraction of sp³-hybridized carbons (Fsp3) is 0.880. The number of rotatable bonds is 43. The lowest BCUT2D eigenvalue weighted by molar-refractivity contribution is -0.220. The molecule has 1 saturated carbocycles. The first-order valence-electron chi connectivity index (χ1n) is 25.6. The van der Waals surface area contributed by atoms with E-state index in [-0.39, 0.29) is 12.8 Å². The highest BCUT2D eigenvalue weighted by molar-refractivity contribution is 7.47. The molecule has 1 aliphatic carbocycles. The van der Waals surface area contributed by atoms with Gasteiger partial charge in [-0.15, -0.1) is 0 Å². The molecule has 0 aliphatic heterocycles. The van der Waals surface area contributed by atoms with Crippen LogP contribution in [-0.4, -0.2) is 98.3 Å². The van der Waals surface area contributed by atoms with Gasteiger partial charge < -0.3 is 39.9 Å². The highest BCUT2D eigenvalue weighted by Crippen LogP contribution is 2.47. The van der Waals surface area contributed by atoms with Crippen LogP contribution in [0.25, 0.3) is 0 Å². The number of carbonyl (C=O) groups is 2. The van der Waals surface area contributed by atoms with E-state index in [0.29, 0.717) is 12.8 Å². The lowest BCUT2D eigenvalue weighted by Crippen LogP contribution is -2.64. The maximum atomic E-state index is 12.8. The summed E-state index contributed by atoms with van der Waals surface area (Å²) in [5.41, 5.74) is 0. The summed E-state index contributed by atoms with van der Waals surface area (Å²) < 4.78 is 33.6. The maximum Gasteiger partial charge on any atom is 0.472 e. The van der Waals surface area contributed by atoms with E-state index in [0.717, 1.165) is 64.2 Å². The van der Waals surface area contributed by atoms with Gasteiger partial charge in [0.1, 0.15) is 43.2 Å². The molecule has 1 rings (SSSR count). The Bertz CT molecular complexity index is 1220. The first-order valence-corrected chi connectivity index (χ1v) is 27.1. The van der Waals surface area contributed by atoms with Gasteiger partial charge in [0.15, 0.2) is 6.10 Å². The molecule has 13 nitrogen and oxygen atoms in total. The third kappa shape index (κ3) is 32.1. The van der Waals surface area contributed by atoms with Crippen molar-refractivity contribution in [3.63, 3.8) is 0 Å². The van der Waals surface area contributed by atoms with Crippen LogP contribution in [-0.2, 0) is 32.7 Å². The van der Waals surface area contributed by atoms with Crippen LogP contribution in [0.15, 0.2) is 24.3 Å². The van der Waals surface area contributed by atoms with E-state index in [1.54, 1.807) is 0 Å². The third-order valence-electron chi connectivity index (χ3n) is 12.0. The summed E-state index contributed by atoms with van der Waals surface area (Å²) in [6.45, 7) is 3.30. The van der Waals surface area contributed by atoms with Crippen molar-refractivity contribution in [3.8, 4) is 0 Å². The Hall–Kier alpha value is -1.67. The molecule has 376 valence electrons. The molecule has 0 heterocycles. The van der Waals surface area contributed by atoms with Gasteiger partial charge in [-0.25, -0.2) is 4.57 Å². The van der Waals surface area contributed by atoms with Crippen LogP contribution in [0.4, 0.5) is 0 Å². The summed E-state index contributed by atoms with van der Waals surface area (Å²) in [5, 5.41) is 50.2. The monoisotopic (exact) mass is 933 g/mol. The highest BCUT2D eigenvalue weighted by Gasteiger charge is 2.51. The van der Waals surface area contributed by atoms with Crippen LogP contribution in [0, 0.1) is 0 Å². The van der Waals surface area contributed by atoms with Crippen LogP contribution >= 0.6 is 7.82 Å². The Morgan fingerprint density at radius 2 is 0.844 bits per heavy atom. The van der Waals surface area contributed by atoms with E-state index in [1.807, 2.05) is 0 Å². The normalized spacial score (nSPS) is 21.7. The minimum absolute atomic E-state index is 0.0998. The van der Waals surface area contributed by atoms with E-state index in [9.17, 15) is 44.6 Å². The van der Waals surface area contributed by atoms with Gasteiger partial charge in [-0.3, -0.25) is 18.6 Å². The number of carbonyl (C=O) groups excluding carboxylic acids is 2. The van der Waals surface area contributed by atoms with Crippen molar-refractivity contribution >= 4 is 19.8 Å². The second-order valence-corrected chi connectivity index (χ2v) is 19.4. The molecular formula is C50H93O13P. The summed E-state index contributed by atoms with van der Waals surface area (Å²) in [7, 11) is -5.12. The zero-order valence-corrected chi connectivity index (χ0v) is 41.0. The SMILES string of the molecule is CCCCC/C=C\C/C=C\CCCCCCCCCC(=O)OC[C@H](COP(=O)(O)OC1C(O)C(O)C(O)[C@@H](O)C1O)OC(=O)CCCCCCCCCCCCCCCCCCCC. The number of unbranched alkanes of at least 4 members (excludes halogenated alkanes) is 27. The van der Waals surface area contributed by atoms with Crippen LogP contribution in [0.3, 0.4) is 0 Å². The number of hydrogen-bond acceptors (Lipinski definition) is 12. The summed E-state index contributed by atoms with van der Waals surface area (Å²) in [4.78, 5) is 35.8. The number of allylic oxidation sites excluding steroid dienone is 4. The molecule has 1 fully saturated rings. The van der Waals surface area contributed by atoms with Gasteiger partial charge in [0.25, 0.3) is 0 Å². The lowest BCUT2D eigenvalue weighted by Gasteiger charge is -2.41. The summed E-state index contributed by atoms with van der Waals surface area (Å²) in [6.07, 6.45) is 32.2. The van der Waals surface area contributed by atoms with E-state index in [4.69, 9.17) is 18.5 Å². The fourth-order valence-electron chi connectivity index (χ4n) is 7.91. The van der Waals surface area contributed by atoms with Crippen LogP contribution < -0.4 is 0 Å². The second kappa shape index (κ2) is 40.4. The van der Waals surface area contributed by atoms with Gasteiger partial charge in [0.2, 0.25) is 0 Å². The van der Waals surface area contributed by atoms with Crippen LogP contribution in [0.2, 0.25) is 0 Å². The van der Waals surface area contributed by atoms with Crippen molar-refractivity contribution in [1.82, 2.24) is 0 Å². The molecular weight excluding hydrogens is 840 g/mol. The first-order chi connectivity index (χ1) is 30.9. The summed E-state index contributed by atoms with van der Waals surface area (Å²) >= 11 is 0. The minimum Gasteiger partial charge on any atom is -0.462 e. The van der Waals surface area contributed by atoms with E-state index < -0.39 is 75.7 Å². The molecule has 0 aromatic carbocycles. The smallest absolute Gasteiger partial charge is 0.462 e. The van der Waals surface area contributed by atoms with Crippen molar-refractivity contribution in [3.05, 3.63) is 24.3 Å². The second-order valence-electron chi connectivity index (χ2n) is 18.0. The van der Waals surface area contributed by atoms with Crippen LogP contribution in [0.1, 0.15) is 226 Å². The highest BCUT2D eigenvalue weighted by atomic mass is 31.2. The average molecular weight is 933 g/mol. The third-order valence-corrected chi connectivity index (χ3v) is 13.0. The number of aliphatic hydroxyl groups is 5. The predicted molar refractivity (Wildman–Crippen MR) is 254 cm³/mol. The Morgan fingerprint density at radius 3 is 1.30 bits per heavy atom. The number of hydrogen-bond donors (Lipinski definition) is 6. The number of phosphoric ester groups is 1. The van der Waals surface area contributed by atoms with Crippen LogP contribution in [0.5, 0.6) is 0 Å². The minimum atomic E-state index is -5.12. The standard InChI is InChI=1S/C50H93O13P/c1-3-5-7-9-11-13-15-17-19-21-23-25-27-29-31-33-35-37-39-44(52)62-42(41-61-64(58,59)63-50-48(56)46(54)45(53)47(55)49(50)57)40-60-43(51)38-36-34-32-30-28-26-24-22-20-18-16-14-12-10-8-6-4-2/h12,14,18,20,42,45-50,53-57H,3-11,13,15-17,19,21-41H2,1-2H3,(H,58,59)/b14-12-,20-18-/t42-,45?,46-,47?,48?,49?,50?/m1/s1. The lowest BCUT2D eigenvalue weighted by atomic mass is 9.85. The van der Waals surface area contributed by atoms with Gasteiger partial charge >= 0.3 is 19.8 Å². The van der Waals surface area contributed by atoms with E-state index >= 15 is 0 Å². The fourth-order valence-corrected chi connectivity index (χ4v) is 8.88. The van der Waals surface area contributed by atoms with E-state index in [2.05, 4.69) is 38.2 Å². The Kier molecular flexibility index (Phi) is 38.1. The predicted octanol–water partition coefficient (Wildman–Crippen LogP) is 10.8. The number of phosphoric acid groups is 1. The molecule has 1 aliphatic rings. The molecule has 0 amide bonds. The van der Waals surface area contributed by atoms with Crippen molar-refractivity contribution in [2.75, 3.05) is 13.2 Å². The molecule has 8 atom stereocenters. The summed E-state index contributed by atoms with van der Waals surface area (Å²) in [5.74, 6) is -1.10. The van der Waals surface area contributed by atoms with Gasteiger partial charge in [-0.05, 0) is 44.9 Å². The summed E-state index contributed by atoms with van der Waals surface area (Å²) in [6, 6.07) is 0. The molecule has 0 bridgehead atoms. The van der Waals surface area contributed by atoms with Gasteiger partial charge in [0.05, 0.1) is 6.61 Å². The van der Waals surface area contributed by atoms with Crippen molar-refractivity contribution in [1.29, 1.82) is 0 Å². The molecule has 0 aromatic heterocycles. The van der Waals surface area contributed by atoms with Crippen molar-refractivity contribution < 1.29 is 63.1 Å². The maximum absolute atomic E-state index is 12.8. The van der Waals surface area contributed by atoms with Gasteiger partial charge in [-0.2, -0.15) is 0 Å². The zero-order chi connectivity index (χ0) is 47.1. The molecule has 0 radical (unpaired) electrons. The molecule has 14 heteroatoms.